The lowest BCUT2D eigenvalue weighted by atomic mass is 10.0. The summed E-state index contributed by atoms with van der Waals surface area (Å²) in [7, 11) is 0. The van der Waals surface area contributed by atoms with E-state index in [1.54, 1.807) is 6.08 Å². The number of rotatable bonds is 3. The van der Waals surface area contributed by atoms with Crippen molar-refractivity contribution in [1.82, 2.24) is 9.97 Å². The minimum atomic E-state index is 0.555. The zero-order valence-corrected chi connectivity index (χ0v) is 10.1. The van der Waals surface area contributed by atoms with Gasteiger partial charge in [0.1, 0.15) is 0 Å². The molecule has 1 aliphatic rings. The van der Waals surface area contributed by atoms with Crippen LogP contribution in [0.1, 0.15) is 32.3 Å². The number of hydrogen-bond donors (Lipinski definition) is 0. The fourth-order valence-corrected chi connectivity index (χ4v) is 2.30. The Labute approximate surface area is 97.2 Å². The third kappa shape index (κ3) is 2.08. The molecule has 0 aromatic carbocycles. The van der Waals surface area contributed by atoms with Crippen molar-refractivity contribution in [3.63, 3.8) is 0 Å². The largest absolute Gasteiger partial charge is 0.338 e. The zero-order valence-electron chi connectivity index (χ0n) is 10.1. The Balaban J connectivity index is 2.14. The van der Waals surface area contributed by atoms with Gasteiger partial charge in [0.15, 0.2) is 0 Å². The smallest absolute Gasteiger partial charge is 0.225 e. The van der Waals surface area contributed by atoms with Crippen molar-refractivity contribution in [2.24, 2.45) is 5.92 Å². The molecule has 86 valence electrons. The quantitative estimate of drug-likeness (QED) is 0.779. The van der Waals surface area contributed by atoms with Crippen molar-refractivity contribution in [2.75, 3.05) is 11.4 Å². The number of nitrogens with zero attached hydrogens (tertiary/aromatic N) is 3. The van der Waals surface area contributed by atoms with E-state index >= 15 is 0 Å². The van der Waals surface area contributed by atoms with E-state index in [0.29, 0.717) is 6.04 Å². The molecule has 0 unspecified atom stereocenters. The molecule has 0 bridgehead atoms. The van der Waals surface area contributed by atoms with Crippen LogP contribution in [0.15, 0.2) is 19.0 Å². The lowest BCUT2D eigenvalue weighted by molar-refractivity contribution is 0.550. The molecule has 0 N–H and O–H groups in total. The van der Waals surface area contributed by atoms with E-state index in [1.807, 2.05) is 12.4 Å². The van der Waals surface area contributed by atoms with Crippen LogP contribution in [0, 0.1) is 5.92 Å². The Morgan fingerprint density at radius 2 is 2.19 bits per heavy atom. The first-order chi connectivity index (χ1) is 7.74. The number of aromatic nitrogens is 2. The van der Waals surface area contributed by atoms with Gasteiger partial charge in [-0.3, -0.25) is 0 Å². The molecule has 3 nitrogen and oxygen atoms in total. The molecule has 1 saturated heterocycles. The standard InChI is InChI=1S/C13H19N3/c1-4-11-6-10(3)16(9-11)13-14-7-12(5-2)8-15-13/h5,7-8,10-11H,2,4,6,9H2,1,3H3/t10-,11+/m1/s1. The average Bonchev–Trinajstić information content (AvgIpc) is 2.71. The van der Waals surface area contributed by atoms with Gasteiger partial charge in [-0.05, 0) is 19.3 Å². The zero-order chi connectivity index (χ0) is 11.5. The second-order valence-electron chi connectivity index (χ2n) is 4.53. The van der Waals surface area contributed by atoms with Crippen LogP contribution in [0.5, 0.6) is 0 Å². The summed E-state index contributed by atoms with van der Waals surface area (Å²) in [5.41, 5.74) is 0.975. The van der Waals surface area contributed by atoms with Crippen molar-refractivity contribution >= 4 is 12.0 Å². The Hall–Kier alpha value is -1.38. The highest BCUT2D eigenvalue weighted by molar-refractivity contribution is 5.45. The maximum absolute atomic E-state index is 4.39. The summed E-state index contributed by atoms with van der Waals surface area (Å²) < 4.78 is 0. The van der Waals surface area contributed by atoms with Crippen molar-refractivity contribution < 1.29 is 0 Å². The van der Waals surface area contributed by atoms with E-state index in [1.165, 1.54) is 12.8 Å². The molecule has 1 aromatic rings. The van der Waals surface area contributed by atoms with Crippen molar-refractivity contribution in [2.45, 2.75) is 32.7 Å². The van der Waals surface area contributed by atoms with Crippen LogP contribution in [0.25, 0.3) is 6.08 Å². The van der Waals surface area contributed by atoms with Gasteiger partial charge < -0.3 is 4.90 Å². The summed E-state index contributed by atoms with van der Waals surface area (Å²) in [5, 5.41) is 0. The molecule has 3 heteroatoms. The van der Waals surface area contributed by atoms with E-state index in [9.17, 15) is 0 Å². The van der Waals surface area contributed by atoms with Crippen LogP contribution in [-0.4, -0.2) is 22.6 Å². The molecule has 1 aromatic heterocycles. The topological polar surface area (TPSA) is 29.0 Å². The highest BCUT2D eigenvalue weighted by Crippen LogP contribution is 2.28. The van der Waals surface area contributed by atoms with Crippen molar-refractivity contribution in [3.8, 4) is 0 Å². The normalized spacial score (nSPS) is 24.8. The number of hydrogen-bond acceptors (Lipinski definition) is 3. The first kappa shape index (κ1) is 11.1. The maximum atomic E-state index is 4.39. The van der Waals surface area contributed by atoms with Crippen LogP contribution in [0.2, 0.25) is 0 Å². The Kier molecular flexibility index (Phi) is 3.22. The van der Waals surface area contributed by atoms with Crippen molar-refractivity contribution in [3.05, 3.63) is 24.5 Å². The highest BCUT2D eigenvalue weighted by atomic mass is 15.3. The molecule has 0 amide bonds. The summed E-state index contributed by atoms with van der Waals surface area (Å²) in [5.74, 6) is 1.65. The number of anilines is 1. The first-order valence-corrected chi connectivity index (χ1v) is 5.95. The molecule has 1 aliphatic heterocycles. The molecule has 1 fully saturated rings. The molecular weight excluding hydrogens is 198 g/mol. The van der Waals surface area contributed by atoms with Gasteiger partial charge in [0.25, 0.3) is 0 Å². The van der Waals surface area contributed by atoms with Gasteiger partial charge in [-0.2, -0.15) is 0 Å². The molecule has 2 rings (SSSR count). The van der Waals surface area contributed by atoms with E-state index in [0.717, 1.165) is 24.0 Å². The second kappa shape index (κ2) is 4.64. The molecular formula is C13H19N3. The molecule has 0 aliphatic carbocycles. The predicted octanol–water partition coefficient (Wildman–Crippen LogP) is 2.74. The van der Waals surface area contributed by atoms with Gasteiger partial charge in [0, 0.05) is 30.5 Å². The summed E-state index contributed by atoms with van der Waals surface area (Å²) >= 11 is 0. The van der Waals surface area contributed by atoms with Gasteiger partial charge in [0.2, 0.25) is 5.95 Å². The molecule has 2 heterocycles. The van der Waals surface area contributed by atoms with Gasteiger partial charge in [0.05, 0.1) is 0 Å². The summed E-state index contributed by atoms with van der Waals surface area (Å²) in [6.45, 7) is 9.30. The van der Waals surface area contributed by atoms with Gasteiger partial charge in [-0.1, -0.05) is 26.0 Å². The highest BCUT2D eigenvalue weighted by Gasteiger charge is 2.29. The maximum Gasteiger partial charge on any atom is 0.225 e. The van der Waals surface area contributed by atoms with E-state index in [2.05, 4.69) is 35.3 Å². The Morgan fingerprint density at radius 1 is 1.50 bits per heavy atom. The summed E-state index contributed by atoms with van der Waals surface area (Å²) in [4.78, 5) is 11.1. The van der Waals surface area contributed by atoms with Crippen LogP contribution in [0.3, 0.4) is 0 Å². The molecule has 0 saturated carbocycles. The molecule has 0 radical (unpaired) electrons. The lowest BCUT2D eigenvalue weighted by Gasteiger charge is -2.21. The minimum Gasteiger partial charge on any atom is -0.338 e. The van der Waals surface area contributed by atoms with Crippen LogP contribution in [-0.2, 0) is 0 Å². The average molecular weight is 217 g/mol. The van der Waals surface area contributed by atoms with E-state index in [4.69, 9.17) is 0 Å². The van der Waals surface area contributed by atoms with Crippen LogP contribution in [0.4, 0.5) is 5.95 Å². The Bertz CT molecular complexity index is 358. The summed E-state index contributed by atoms with van der Waals surface area (Å²) in [6, 6.07) is 0.555. The molecule has 16 heavy (non-hydrogen) atoms. The van der Waals surface area contributed by atoms with Gasteiger partial charge in [-0.15, -0.1) is 0 Å². The predicted molar refractivity (Wildman–Crippen MR) is 67.3 cm³/mol. The van der Waals surface area contributed by atoms with Gasteiger partial charge in [-0.25, -0.2) is 9.97 Å². The second-order valence-corrected chi connectivity index (χ2v) is 4.53. The monoisotopic (exact) mass is 217 g/mol. The fraction of sp³-hybridized carbons (Fsp3) is 0.538. The van der Waals surface area contributed by atoms with E-state index in [-0.39, 0.29) is 0 Å². The molecule has 2 atom stereocenters. The van der Waals surface area contributed by atoms with Gasteiger partial charge >= 0.3 is 0 Å². The summed E-state index contributed by atoms with van der Waals surface area (Å²) in [6.07, 6.45) is 7.93. The lowest BCUT2D eigenvalue weighted by Crippen LogP contribution is -2.28. The van der Waals surface area contributed by atoms with Crippen molar-refractivity contribution in [1.29, 1.82) is 0 Å². The van der Waals surface area contributed by atoms with Crippen LogP contribution >= 0.6 is 0 Å². The minimum absolute atomic E-state index is 0.555. The third-order valence-electron chi connectivity index (χ3n) is 3.39. The first-order valence-electron chi connectivity index (χ1n) is 5.95. The van der Waals surface area contributed by atoms with Crippen LogP contribution < -0.4 is 4.90 Å². The SMILES string of the molecule is C=Cc1cnc(N2C[C@@H](CC)C[C@H]2C)nc1. The fourth-order valence-electron chi connectivity index (χ4n) is 2.30. The third-order valence-corrected chi connectivity index (χ3v) is 3.39. The Morgan fingerprint density at radius 3 is 2.69 bits per heavy atom. The molecule has 0 spiro atoms. The van der Waals surface area contributed by atoms with E-state index < -0.39 is 0 Å².